The lowest BCUT2D eigenvalue weighted by Gasteiger charge is -2.21. The summed E-state index contributed by atoms with van der Waals surface area (Å²) in [5.41, 5.74) is 11.0. The maximum Gasteiger partial charge on any atom is 0.146 e. The van der Waals surface area contributed by atoms with Crippen molar-refractivity contribution in [3.05, 3.63) is 71.7 Å². The Kier molecular flexibility index (Phi) is 6.52. The molecule has 0 aliphatic carbocycles. The third-order valence-corrected chi connectivity index (χ3v) is 5.85. The summed E-state index contributed by atoms with van der Waals surface area (Å²) in [4.78, 5) is 4.93. The molecule has 1 fully saturated rings. The van der Waals surface area contributed by atoms with E-state index in [1.807, 2.05) is 50.4 Å². The van der Waals surface area contributed by atoms with E-state index in [0.29, 0.717) is 17.4 Å². The van der Waals surface area contributed by atoms with Crippen LogP contribution >= 0.6 is 0 Å². The number of aromatic nitrogens is 2. The monoisotopic (exact) mass is 428 g/mol. The number of nitriles is 1. The summed E-state index contributed by atoms with van der Waals surface area (Å²) < 4.78 is 8.14. The molecule has 1 aromatic carbocycles. The van der Waals surface area contributed by atoms with Crippen LogP contribution in [0.1, 0.15) is 49.5 Å². The lowest BCUT2D eigenvalue weighted by molar-refractivity contribution is 0.228. The van der Waals surface area contributed by atoms with Crippen LogP contribution in [-0.2, 0) is 0 Å². The minimum atomic E-state index is -0.311. The van der Waals surface area contributed by atoms with Gasteiger partial charge in [0.15, 0.2) is 0 Å². The first-order valence-corrected chi connectivity index (χ1v) is 10.9. The third-order valence-electron chi connectivity index (χ3n) is 5.85. The van der Waals surface area contributed by atoms with Crippen LogP contribution in [0.5, 0.6) is 5.75 Å². The molecule has 1 aliphatic heterocycles. The largest absolute Gasteiger partial charge is 0.484 e. The summed E-state index contributed by atoms with van der Waals surface area (Å²) >= 11 is 0. The molecule has 1 saturated heterocycles. The number of ether oxygens (including phenoxy) is 1. The highest BCUT2D eigenvalue weighted by atomic mass is 16.5. The van der Waals surface area contributed by atoms with E-state index < -0.39 is 0 Å². The quantitative estimate of drug-likeness (QED) is 0.581. The normalized spacial score (nSPS) is 16.7. The molecule has 0 bridgehead atoms. The van der Waals surface area contributed by atoms with Crippen molar-refractivity contribution in [2.24, 2.45) is 10.7 Å². The van der Waals surface area contributed by atoms with Crippen molar-refractivity contribution in [1.29, 1.82) is 5.26 Å². The standard InChI is InChI=1S/C25H28N6O/c1-17(30-21-7-10-28-11-8-21)23(15-27)20-13-25(24-9-12-29-31(24)16-20)32-18(2)22-6-4-3-5-19(22)14-26/h3-6,9,12-13,15-16,18,21,28H,7-8,10-11,27H2,1-2H3/b23-15+,30-17?. The predicted molar refractivity (Wildman–Crippen MR) is 127 cm³/mol. The molecular formula is C25H28N6O. The first-order valence-electron chi connectivity index (χ1n) is 10.9. The number of nitrogens with zero attached hydrogens (tertiary/aromatic N) is 4. The number of piperidine rings is 1. The highest BCUT2D eigenvalue weighted by Gasteiger charge is 2.18. The van der Waals surface area contributed by atoms with Gasteiger partial charge in [0.05, 0.1) is 23.9 Å². The Labute approximate surface area is 188 Å². The van der Waals surface area contributed by atoms with Crippen molar-refractivity contribution in [1.82, 2.24) is 14.9 Å². The summed E-state index contributed by atoms with van der Waals surface area (Å²) in [6.07, 6.45) is 7.02. The van der Waals surface area contributed by atoms with E-state index in [1.54, 1.807) is 23.0 Å². The molecule has 0 saturated carbocycles. The molecule has 1 atom stereocenters. The topological polar surface area (TPSA) is 101 Å². The summed E-state index contributed by atoms with van der Waals surface area (Å²) in [6, 6.07) is 13.9. The molecule has 7 heteroatoms. The minimum Gasteiger partial charge on any atom is -0.484 e. The van der Waals surface area contributed by atoms with Crippen LogP contribution in [0, 0.1) is 11.3 Å². The first kappa shape index (κ1) is 21.6. The van der Waals surface area contributed by atoms with E-state index in [9.17, 15) is 5.26 Å². The lowest BCUT2D eigenvalue weighted by atomic mass is 10.0. The smallest absolute Gasteiger partial charge is 0.146 e. The summed E-state index contributed by atoms with van der Waals surface area (Å²) in [7, 11) is 0. The molecule has 4 rings (SSSR count). The van der Waals surface area contributed by atoms with Crippen LogP contribution in [0.4, 0.5) is 0 Å². The van der Waals surface area contributed by atoms with Crippen molar-refractivity contribution in [3.8, 4) is 11.8 Å². The summed E-state index contributed by atoms with van der Waals surface area (Å²) in [5.74, 6) is 0.675. The van der Waals surface area contributed by atoms with E-state index in [0.717, 1.165) is 53.9 Å². The zero-order valence-electron chi connectivity index (χ0n) is 18.5. The average Bonchev–Trinajstić information content (AvgIpc) is 3.29. The van der Waals surface area contributed by atoms with E-state index in [2.05, 4.69) is 16.5 Å². The zero-order chi connectivity index (χ0) is 22.5. The number of aliphatic imine (C=N–C) groups is 1. The van der Waals surface area contributed by atoms with Gasteiger partial charge in [0.1, 0.15) is 17.4 Å². The van der Waals surface area contributed by atoms with Gasteiger partial charge in [-0.05, 0) is 58.0 Å². The van der Waals surface area contributed by atoms with Crippen molar-refractivity contribution >= 4 is 16.8 Å². The van der Waals surface area contributed by atoms with Crippen molar-refractivity contribution in [2.75, 3.05) is 13.1 Å². The number of pyridine rings is 1. The number of nitrogens with two attached hydrogens (primary N) is 1. The molecule has 0 radical (unpaired) electrons. The van der Waals surface area contributed by atoms with Gasteiger partial charge in [-0.1, -0.05) is 18.2 Å². The van der Waals surface area contributed by atoms with Gasteiger partial charge in [-0.2, -0.15) is 10.4 Å². The number of hydrogen-bond acceptors (Lipinski definition) is 6. The van der Waals surface area contributed by atoms with Gasteiger partial charge >= 0.3 is 0 Å². The van der Waals surface area contributed by atoms with Crippen molar-refractivity contribution in [2.45, 2.75) is 38.8 Å². The number of benzene rings is 1. The van der Waals surface area contributed by atoms with Crippen LogP contribution in [0.3, 0.4) is 0 Å². The van der Waals surface area contributed by atoms with Gasteiger partial charge < -0.3 is 15.8 Å². The van der Waals surface area contributed by atoms with E-state index in [4.69, 9.17) is 15.5 Å². The van der Waals surface area contributed by atoms with Gasteiger partial charge in [0.2, 0.25) is 0 Å². The molecule has 0 spiro atoms. The molecule has 3 N–H and O–H groups in total. The van der Waals surface area contributed by atoms with Gasteiger partial charge in [0, 0.05) is 34.8 Å². The minimum absolute atomic E-state index is 0.304. The summed E-state index contributed by atoms with van der Waals surface area (Å²) in [5, 5.41) is 17.2. The predicted octanol–water partition coefficient (Wildman–Crippen LogP) is 3.86. The molecule has 1 unspecified atom stereocenters. The van der Waals surface area contributed by atoms with Gasteiger partial charge in [-0.3, -0.25) is 4.99 Å². The number of fused-ring (bicyclic) bond motifs is 1. The summed E-state index contributed by atoms with van der Waals surface area (Å²) in [6.45, 7) is 5.92. The van der Waals surface area contributed by atoms with E-state index >= 15 is 0 Å². The van der Waals surface area contributed by atoms with Crippen LogP contribution in [0.25, 0.3) is 11.1 Å². The second kappa shape index (κ2) is 9.67. The Morgan fingerprint density at radius 2 is 2.12 bits per heavy atom. The number of nitrogens with one attached hydrogen (secondary N) is 1. The fraction of sp³-hybridized carbons (Fsp3) is 0.320. The molecule has 7 nitrogen and oxygen atoms in total. The first-order chi connectivity index (χ1) is 15.6. The fourth-order valence-corrected chi connectivity index (χ4v) is 4.15. The Morgan fingerprint density at radius 3 is 2.88 bits per heavy atom. The van der Waals surface area contributed by atoms with Crippen LogP contribution in [-0.4, -0.2) is 34.5 Å². The Hall–Kier alpha value is -3.63. The molecule has 2 aromatic heterocycles. The fourth-order valence-electron chi connectivity index (χ4n) is 4.15. The van der Waals surface area contributed by atoms with Gasteiger partial charge in [-0.15, -0.1) is 0 Å². The lowest BCUT2D eigenvalue weighted by Crippen LogP contribution is -2.30. The Morgan fingerprint density at radius 1 is 1.34 bits per heavy atom. The zero-order valence-corrected chi connectivity index (χ0v) is 18.5. The molecule has 1 aliphatic rings. The molecule has 3 aromatic rings. The van der Waals surface area contributed by atoms with E-state index in [1.165, 1.54) is 0 Å². The second-order valence-electron chi connectivity index (χ2n) is 7.99. The average molecular weight is 429 g/mol. The Bertz CT molecular complexity index is 1200. The molecule has 164 valence electrons. The third kappa shape index (κ3) is 4.51. The number of allylic oxidation sites excluding steroid dienone is 1. The Balaban J connectivity index is 1.68. The van der Waals surface area contributed by atoms with E-state index in [-0.39, 0.29) is 6.10 Å². The van der Waals surface area contributed by atoms with Crippen LogP contribution < -0.4 is 15.8 Å². The molecule has 0 amide bonds. The SMILES string of the molecule is CC(=NC1CCNCC1)/C(=C\N)c1cc(OC(C)c2ccccc2C#N)c2ccnn2c1. The molecule has 32 heavy (non-hydrogen) atoms. The van der Waals surface area contributed by atoms with Crippen LogP contribution in [0.15, 0.2) is 60.0 Å². The highest BCUT2D eigenvalue weighted by Crippen LogP contribution is 2.31. The molecular weight excluding hydrogens is 400 g/mol. The van der Waals surface area contributed by atoms with Crippen molar-refractivity contribution < 1.29 is 4.74 Å². The second-order valence-corrected chi connectivity index (χ2v) is 7.99. The highest BCUT2D eigenvalue weighted by molar-refractivity contribution is 6.22. The van der Waals surface area contributed by atoms with Crippen molar-refractivity contribution in [3.63, 3.8) is 0 Å². The number of rotatable bonds is 6. The maximum absolute atomic E-state index is 9.46. The van der Waals surface area contributed by atoms with Gasteiger partial charge in [0.25, 0.3) is 0 Å². The van der Waals surface area contributed by atoms with Gasteiger partial charge in [-0.25, -0.2) is 4.52 Å². The maximum atomic E-state index is 9.46. The van der Waals surface area contributed by atoms with Crippen LogP contribution in [0.2, 0.25) is 0 Å². The number of hydrogen-bond donors (Lipinski definition) is 2. The molecule has 3 heterocycles.